The van der Waals surface area contributed by atoms with Crippen LogP contribution in [0.3, 0.4) is 0 Å². The Morgan fingerprint density at radius 3 is 2.79 bits per heavy atom. The van der Waals surface area contributed by atoms with E-state index in [2.05, 4.69) is 26.7 Å². The molecule has 3 aromatic rings. The Labute approximate surface area is 163 Å². The third-order valence-corrected chi connectivity index (χ3v) is 4.35. The number of nitrogens with one attached hydrogen (secondary N) is 2. The van der Waals surface area contributed by atoms with Crippen molar-refractivity contribution in [2.75, 3.05) is 37.5 Å². The van der Waals surface area contributed by atoms with Crippen molar-refractivity contribution in [3.63, 3.8) is 0 Å². The molecular weight excluding hydrogens is 356 g/mol. The highest BCUT2D eigenvalue weighted by atomic mass is 16.6. The van der Waals surface area contributed by atoms with E-state index >= 15 is 0 Å². The third-order valence-electron chi connectivity index (χ3n) is 4.35. The lowest BCUT2D eigenvalue weighted by Gasteiger charge is -2.19. The Bertz CT molecular complexity index is 948. The van der Waals surface area contributed by atoms with Crippen molar-refractivity contribution in [1.82, 2.24) is 9.97 Å². The lowest BCUT2D eigenvalue weighted by Crippen LogP contribution is -2.15. The second kappa shape index (κ2) is 8.47. The molecule has 0 radical (unpaired) electrons. The van der Waals surface area contributed by atoms with E-state index in [9.17, 15) is 0 Å². The molecule has 1 aliphatic heterocycles. The van der Waals surface area contributed by atoms with Gasteiger partial charge in [-0.3, -0.25) is 0 Å². The molecule has 144 valence electrons. The van der Waals surface area contributed by atoms with Crippen LogP contribution < -0.4 is 24.8 Å². The molecule has 2 aromatic carbocycles. The number of benzene rings is 2. The number of fused-ring (bicyclic) bond motifs is 1. The Morgan fingerprint density at radius 1 is 1.04 bits per heavy atom. The van der Waals surface area contributed by atoms with E-state index in [0.717, 1.165) is 47.3 Å². The van der Waals surface area contributed by atoms with Gasteiger partial charge in [0.1, 0.15) is 24.8 Å². The zero-order valence-electron chi connectivity index (χ0n) is 15.6. The predicted octanol–water partition coefficient (Wildman–Crippen LogP) is 3.65. The summed E-state index contributed by atoms with van der Waals surface area (Å²) in [5, 5.41) is 6.53. The number of hydrogen-bond acceptors (Lipinski definition) is 7. The first-order valence-electron chi connectivity index (χ1n) is 9.17. The van der Waals surface area contributed by atoms with Gasteiger partial charge in [-0.2, -0.15) is 4.98 Å². The quantitative estimate of drug-likeness (QED) is 0.650. The van der Waals surface area contributed by atoms with Crippen LogP contribution in [0, 0.1) is 0 Å². The van der Waals surface area contributed by atoms with Crippen molar-refractivity contribution in [1.29, 1.82) is 0 Å². The SMILES string of the molecule is COc1ccccc1CCNc1ccnc(Nc2ccc3c(c2)OCCO3)n1. The molecule has 0 spiro atoms. The summed E-state index contributed by atoms with van der Waals surface area (Å²) in [6.07, 6.45) is 2.55. The summed E-state index contributed by atoms with van der Waals surface area (Å²) in [5.41, 5.74) is 2.00. The second-order valence-electron chi connectivity index (χ2n) is 6.24. The maximum absolute atomic E-state index is 5.61. The molecule has 0 saturated heterocycles. The summed E-state index contributed by atoms with van der Waals surface area (Å²) in [6, 6.07) is 15.5. The zero-order valence-corrected chi connectivity index (χ0v) is 15.6. The Kier molecular flexibility index (Phi) is 5.42. The van der Waals surface area contributed by atoms with Crippen LogP contribution in [0.2, 0.25) is 0 Å². The van der Waals surface area contributed by atoms with E-state index in [1.807, 2.05) is 42.5 Å². The van der Waals surface area contributed by atoms with Crippen LogP contribution in [0.1, 0.15) is 5.56 Å². The van der Waals surface area contributed by atoms with E-state index in [0.29, 0.717) is 19.2 Å². The fraction of sp³-hybridized carbons (Fsp3) is 0.238. The minimum Gasteiger partial charge on any atom is -0.496 e. The summed E-state index contributed by atoms with van der Waals surface area (Å²) in [6.45, 7) is 1.87. The minimum absolute atomic E-state index is 0.513. The molecule has 28 heavy (non-hydrogen) atoms. The van der Waals surface area contributed by atoms with Crippen LogP contribution in [0.4, 0.5) is 17.5 Å². The van der Waals surface area contributed by atoms with Crippen LogP contribution in [0.5, 0.6) is 17.2 Å². The van der Waals surface area contributed by atoms with Gasteiger partial charge in [0, 0.05) is 24.5 Å². The molecule has 7 nitrogen and oxygen atoms in total. The normalized spacial score (nSPS) is 12.3. The summed E-state index contributed by atoms with van der Waals surface area (Å²) in [7, 11) is 1.69. The highest BCUT2D eigenvalue weighted by molar-refractivity contribution is 5.60. The highest BCUT2D eigenvalue weighted by Gasteiger charge is 2.12. The Balaban J connectivity index is 1.38. The average molecular weight is 378 g/mol. The first-order chi connectivity index (χ1) is 13.8. The van der Waals surface area contributed by atoms with Crippen molar-refractivity contribution in [2.45, 2.75) is 6.42 Å². The molecule has 0 aliphatic carbocycles. The lowest BCUT2D eigenvalue weighted by molar-refractivity contribution is 0.171. The Hall–Kier alpha value is -3.48. The topological polar surface area (TPSA) is 77.5 Å². The molecule has 7 heteroatoms. The first kappa shape index (κ1) is 17.9. The van der Waals surface area contributed by atoms with Gasteiger partial charge in [0.25, 0.3) is 0 Å². The molecule has 1 aliphatic rings. The number of methoxy groups -OCH3 is 1. The number of para-hydroxylation sites is 1. The van der Waals surface area contributed by atoms with Gasteiger partial charge in [-0.05, 0) is 36.2 Å². The smallest absolute Gasteiger partial charge is 0.229 e. The van der Waals surface area contributed by atoms with E-state index in [-0.39, 0.29) is 0 Å². The van der Waals surface area contributed by atoms with Crippen LogP contribution in [-0.2, 0) is 6.42 Å². The van der Waals surface area contributed by atoms with Crippen molar-refractivity contribution < 1.29 is 14.2 Å². The number of rotatable bonds is 7. The largest absolute Gasteiger partial charge is 0.496 e. The van der Waals surface area contributed by atoms with Crippen LogP contribution in [0.25, 0.3) is 0 Å². The van der Waals surface area contributed by atoms with E-state index in [1.165, 1.54) is 0 Å². The molecule has 2 heterocycles. The summed E-state index contributed by atoms with van der Waals surface area (Å²) >= 11 is 0. The molecular formula is C21H22N4O3. The number of ether oxygens (including phenoxy) is 3. The molecule has 0 amide bonds. The molecule has 2 N–H and O–H groups in total. The van der Waals surface area contributed by atoms with Crippen LogP contribution in [-0.4, -0.2) is 36.8 Å². The van der Waals surface area contributed by atoms with Gasteiger partial charge in [-0.25, -0.2) is 4.98 Å². The molecule has 0 saturated carbocycles. The predicted molar refractivity (Wildman–Crippen MR) is 108 cm³/mol. The summed E-state index contributed by atoms with van der Waals surface area (Å²) in [5.74, 6) is 3.64. The van der Waals surface area contributed by atoms with Crippen LogP contribution in [0.15, 0.2) is 54.7 Å². The molecule has 0 fully saturated rings. The molecule has 4 rings (SSSR count). The van der Waals surface area contributed by atoms with E-state index < -0.39 is 0 Å². The molecule has 0 unspecified atom stereocenters. The molecule has 0 bridgehead atoms. The van der Waals surface area contributed by atoms with E-state index in [4.69, 9.17) is 14.2 Å². The third kappa shape index (κ3) is 4.25. The number of hydrogen-bond donors (Lipinski definition) is 2. The fourth-order valence-electron chi connectivity index (χ4n) is 3.00. The van der Waals surface area contributed by atoms with Gasteiger partial charge in [-0.15, -0.1) is 0 Å². The van der Waals surface area contributed by atoms with Gasteiger partial charge >= 0.3 is 0 Å². The number of aromatic nitrogens is 2. The van der Waals surface area contributed by atoms with Gasteiger partial charge in [-0.1, -0.05) is 18.2 Å². The lowest BCUT2D eigenvalue weighted by atomic mass is 10.1. The monoisotopic (exact) mass is 378 g/mol. The standard InChI is InChI=1S/C21H22N4O3/c1-26-17-5-3-2-4-15(17)8-10-22-20-9-11-23-21(25-20)24-16-6-7-18-19(14-16)28-13-12-27-18/h2-7,9,11,14H,8,10,12-13H2,1H3,(H2,22,23,24,25). The number of anilines is 3. The van der Waals surface area contributed by atoms with E-state index in [1.54, 1.807) is 13.3 Å². The van der Waals surface area contributed by atoms with Crippen molar-refractivity contribution in [2.24, 2.45) is 0 Å². The summed E-state index contributed by atoms with van der Waals surface area (Å²) < 4.78 is 16.5. The minimum atomic E-state index is 0.513. The average Bonchev–Trinajstić information content (AvgIpc) is 2.74. The van der Waals surface area contributed by atoms with Crippen molar-refractivity contribution in [3.8, 4) is 17.2 Å². The van der Waals surface area contributed by atoms with Gasteiger partial charge in [0.15, 0.2) is 11.5 Å². The maximum atomic E-state index is 5.61. The van der Waals surface area contributed by atoms with Gasteiger partial charge in [0.05, 0.1) is 7.11 Å². The molecule has 1 aromatic heterocycles. The highest BCUT2D eigenvalue weighted by Crippen LogP contribution is 2.33. The van der Waals surface area contributed by atoms with Crippen molar-refractivity contribution in [3.05, 3.63) is 60.3 Å². The maximum Gasteiger partial charge on any atom is 0.229 e. The van der Waals surface area contributed by atoms with Gasteiger partial charge < -0.3 is 24.8 Å². The zero-order chi connectivity index (χ0) is 19.2. The summed E-state index contributed by atoms with van der Waals surface area (Å²) in [4.78, 5) is 8.80. The first-order valence-corrected chi connectivity index (χ1v) is 9.17. The van der Waals surface area contributed by atoms with Crippen molar-refractivity contribution >= 4 is 17.5 Å². The Morgan fingerprint density at radius 2 is 1.89 bits per heavy atom. The second-order valence-corrected chi connectivity index (χ2v) is 6.24. The number of nitrogens with zero attached hydrogens (tertiary/aromatic N) is 2. The van der Waals surface area contributed by atoms with Crippen LogP contribution >= 0.6 is 0 Å². The van der Waals surface area contributed by atoms with Gasteiger partial charge in [0.2, 0.25) is 5.95 Å². The molecule has 0 atom stereocenters. The fourth-order valence-corrected chi connectivity index (χ4v) is 3.00.